The zero-order valence-corrected chi connectivity index (χ0v) is 12.1. The predicted molar refractivity (Wildman–Crippen MR) is 76.5 cm³/mol. The van der Waals surface area contributed by atoms with Crippen molar-refractivity contribution in [3.63, 3.8) is 0 Å². The van der Waals surface area contributed by atoms with Crippen LogP contribution < -0.4 is 5.32 Å². The van der Waals surface area contributed by atoms with Gasteiger partial charge in [0.15, 0.2) is 0 Å². The highest BCUT2D eigenvalue weighted by Crippen LogP contribution is 2.23. The van der Waals surface area contributed by atoms with Gasteiger partial charge in [0.05, 0.1) is 10.0 Å². The van der Waals surface area contributed by atoms with Crippen molar-refractivity contribution < 1.29 is 0 Å². The van der Waals surface area contributed by atoms with Gasteiger partial charge in [-0.1, -0.05) is 29.3 Å². The van der Waals surface area contributed by atoms with Gasteiger partial charge in [0.1, 0.15) is 0 Å². The third-order valence-corrected chi connectivity index (χ3v) is 3.75. The zero-order chi connectivity index (χ0) is 11.5. The zero-order valence-electron chi connectivity index (χ0n) is 9.75. The molecule has 2 nitrogen and oxygen atoms in total. The fourth-order valence-electron chi connectivity index (χ4n) is 1.99. The second kappa shape index (κ2) is 6.81. The highest BCUT2D eigenvalue weighted by Gasteiger charge is 2.17. The van der Waals surface area contributed by atoms with Crippen LogP contribution in [0.2, 0.25) is 10.0 Å². The molecule has 1 saturated heterocycles. The lowest BCUT2D eigenvalue weighted by Crippen LogP contribution is -2.49. The largest absolute Gasteiger partial charge is 0.314 e. The van der Waals surface area contributed by atoms with Crippen molar-refractivity contribution in [2.45, 2.75) is 19.5 Å². The Morgan fingerprint density at radius 1 is 1.35 bits per heavy atom. The van der Waals surface area contributed by atoms with Crippen molar-refractivity contribution in [3.8, 4) is 0 Å². The molecule has 0 aromatic heterocycles. The third kappa shape index (κ3) is 4.01. The van der Waals surface area contributed by atoms with Crippen LogP contribution in [-0.4, -0.2) is 30.6 Å². The molecule has 1 aromatic rings. The van der Waals surface area contributed by atoms with Crippen LogP contribution in [-0.2, 0) is 6.54 Å². The Bertz CT molecular complexity index is 371. The first-order valence-electron chi connectivity index (χ1n) is 5.55. The van der Waals surface area contributed by atoms with E-state index in [0.717, 1.165) is 26.2 Å². The van der Waals surface area contributed by atoms with Gasteiger partial charge in [0.2, 0.25) is 0 Å². The van der Waals surface area contributed by atoms with E-state index >= 15 is 0 Å². The van der Waals surface area contributed by atoms with Gasteiger partial charge in [-0.3, -0.25) is 4.90 Å². The van der Waals surface area contributed by atoms with Gasteiger partial charge < -0.3 is 5.32 Å². The molecule has 0 amide bonds. The molecular formula is C12H17Cl3N2. The Balaban J connectivity index is 0.00000144. The van der Waals surface area contributed by atoms with Crippen molar-refractivity contribution in [2.75, 3.05) is 19.6 Å². The first kappa shape index (κ1) is 15.1. The average molecular weight is 296 g/mol. The van der Waals surface area contributed by atoms with Gasteiger partial charge in [0, 0.05) is 32.2 Å². The molecule has 1 aliphatic rings. The van der Waals surface area contributed by atoms with Crippen LogP contribution in [0.25, 0.3) is 0 Å². The van der Waals surface area contributed by atoms with Crippen molar-refractivity contribution >= 4 is 35.6 Å². The van der Waals surface area contributed by atoms with E-state index in [0.29, 0.717) is 16.1 Å². The van der Waals surface area contributed by atoms with Crippen LogP contribution >= 0.6 is 35.6 Å². The van der Waals surface area contributed by atoms with Crippen LogP contribution in [0.5, 0.6) is 0 Å². The summed E-state index contributed by atoms with van der Waals surface area (Å²) in [5.74, 6) is 0. The SMILES string of the molecule is C[C@@H]1CNCCN1Cc1ccc(Cl)c(Cl)c1.Cl. The molecule has 0 spiro atoms. The highest BCUT2D eigenvalue weighted by molar-refractivity contribution is 6.42. The number of hydrogen-bond acceptors (Lipinski definition) is 2. The fraction of sp³-hybridized carbons (Fsp3) is 0.500. The Morgan fingerprint density at radius 3 is 2.76 bits per heavy atom. The summed E-state index contributed by atoms with van der Waals surface area (Å²) in [4.78, 5) is 2.45. The number of nitrogens with zero attached hydrogens (tertiary/aromatic N) is 1. The molecular weight excluding hydrogens is 279 g/mol. The smallest absolute Gasteiger partial charge is 0.0595 e. The molecule has 17 heavy (non-hydrogen) atoms. The Labute approximate surface area is 119 Å². The number of nitrogens with one attached hydrogen (secondary N) is 1. The van der Waals surface area contributed by atoms with Gasteiger partial charge in [0.25, 0.3) is 0 Å². The normalized spacial score (nSPS) is 21.0. The van der Waals surface area contributed by atoms with Crippen molar-refractivity contribution in [1.82, 2.24) is 10.2 Å². The minimum Gasteiger partial charge on any atom is -0.314 e. The van der Waals surface area contributed by atoms with E-state index in [1.165, 1.54) is 5.56 Å². The average Bonchev–Trinajstić information content (AvgIpc) is 2.27. The van der Waals surface area contributed by atoms with E-state index in [1.807, 2.05) is 18.2 Å². The monoisotopic (exact) mass is 294 g/mol. The van der Waals surface area contributed by atoms with Crippen LogP contribution in [0, 0.1) is 0 Å². The molecule has 0 bridgehead atoms. The summed E-state index contributed by atoms with van der Waals surface area (Å²) >= 11 is 11.9. The lowest BCUT2D eigenvalue weighted by atomic mass is 10.1. The summed E-state index contributed by atoms with van der Waals surface area (Å²) in [5, 5.41) is 4.65. The van der Waals surface area contributed by atoms with Crippen molar-refractivity contribution in [1.29, 1.82) is 0 Å². The van der Waals surface area contributed by atoms with Crippen LogP contribution in [0.3, 0.4) is 0 Å². The number of benzene rings is 1. The van der Waals surface area contributed by atoms with Gasteiger partial charge in [-0.15, -0.1) is 12.4 Å². The second-order valence-corrected chi connectivity index (χ2v) is 5.09. The topological polar surface area (TPSA) is 15.3 Å². The lowest BCUT2D eigenvalue weighted by Gasteiger charge is -2.33. The van der Waals surface area contributed by atoms with Crippen molar-refractivity contribution in [3.05, 3.63) is 33.8 Å². The quantitative estimate of drug-likeness (QED) is 0.901. The van der Waals surface area contributed by atoms with Gasteiger partial charge in [-0.2, -0.15) is 0 Å². The third-order valence-electron chi connectivity index (χ3n) is 3.01. The molecule has 0 unspecified atom stereocenters. The number of rotatable bonds is 2. The van der Waals surface area contributed by atoms with Crippen molar-refractivity contribution in [2.24, 2.45) is 0 Å². The van der Waals surface area contributed by atoms with Crippen LogP contribution in [0.1, 0.15) is 12.5 Å². The van der Waals surface area contributed by atoms with Gasteiger partial charge in [-0.25, -0.2) is 0 Å². The summed E-state index contributed by atoms with van der Waals surface area (Å²) in [6.45, 7) is 6.39. The molecule has 5 heteroatoms. The summed E-state index contributed by atoms with van der Waals surface area (Å²) < 4.78 is 0. The maximum atomic E-state index is 6.01. The lowest BCUT2D eigenvalue weighted by molar-refractivity contribution is 0.165. The maximum Gasteiger partial charge on any atom is 0.0595 e. The molecule has 1 aromatic carbocycles. The molecule has 1 heterocycles. The van der Waals surface area contributed by atoms with Gasteiger partial charge >= 0.3 is 0 Å². The molecule has 0 saturated carbocycles. The first-order chi connectivity index (χ1) is 7.66. The van der Waals surface area contributed by atoms with Crippen LogP contribution in [0.15, 0.2) is 18.2 Å². The Hall–Kier alpha value is 0.01000. The standard InChI is InChI=1S/C12H16Cl2N2.ClH/c1-9-7-15-4-5-16(9)8-10-2-3-11(13)12(14)6-10;/h2-3,6,9,15H,4-5,7-8H2,1H3;1H/t9-;/m1./s1. The number of piperazine rings is 1. The minimum atomic E-state index is 0. The van der Waals surface area contributed by atoms with E-state index in [2.05, 4.69) is 17.1 Å². The molecule has 0 aliphatic carbocycles. The first-order valence-corrected chi connectivity index (χ1v) is 6.31. The number of halogens is 3. The van der Waals surface area contributed by atoms with E-state index in [9.17, 15) is 0 Å². The van der Waals surface area contributed by atoms with E-state index in [-0.39, 0.29) is 12.4 Å². The minimum absolute atomic E-state index is 0. The van der Waals surface area contributed by atoms with E-state index < -0.39 is 0 Å². The molecule has 2 rings (SSSR count). The predicted octanol–water partition coefficient (Wildman–Crippen LogP) is 3.21. The van der Waals surface area contributed by atoms with E-state index in [4.69, 9.17) is 23.2 Å². The Morgan fingerprint density at radius 2 is 2.12 bits per heavy atom. The Kier molecular flexibility index (Phi) is 6.04. The van der Waals surface area contributed by atoms with Crippen LogP contribution in [0.4, 0.5) is 0 Å². The van der Waals surface area contributed by atoms with Gasteiger partial charge in [-0.05, 0) is 24.6 Å². The molecule has 1 atom stereocenters. The highest BCUT2D eigenvalue weighted by atomic mass is 35.5. The molecule has 1 N–H and O–H groups in total. The fourth-order valence-corrected chi connectivity index (χ4v) is 2.31. The summed E-state index contributed by atoms with van der Waals surface area (Å²) in [6.07, 6.45) is 0. The molecule has 0 radical (unpaired) electrons. The maximum absolute atomic E-state index is 6.01. The number of hydrogen-bond donors (Lipinski definition) is 1. The molecule has 1 aliphatic heterocycles. The molecule has 1 fully saturated rings. The second-order valence-electron chi connectivity index (χ2n) is 4.27. The summed E-state index contributed by atoms with van der Waals surface area (Å²) in [7, 11) is 0. The molecule has 96 valence electrons. The summed E-state index contributed by atoms with van der Waals surface area (Å²) in [5.41, 5.74) is 1.23. The van der Waals surface area contributed by atoms with E-state index in [1.54, 1.807) is 0 Å². The summed E-state index contributed by atoms with van der Waals surface area (Å²) in [6, 6.07) is 6.44.